The monoisotopic (exact) mass is 950 g/mol. The van der Waals surface area contributed by atoms with E-state index in [9.17, 15) is 43.0 Å². The van der Waals surface area contributed by atoms with Crippen LogP contribution in [0.5, 0.6) is 0 Å². The van der Waals surface area contributed by atoms with Gasteiger partial charge in [0.05, 0.1) is 64.7 Å². The summed E-state index contributed by atoms with van der Waals surface area (Å²) in [6, 6.07) is -1.87. The number of fused-ring (bicyclic) bond motifs is 2. The van der Waals surface area contributed by atoms with E-state index in [1.54, 1.807) is 0 Å². The fraction of sp³-hybridized carbons (Fsp3) is 0.724. The van der Waals surface area contributed by atoms with Crippen LogP contribution in [0.1, 0.15) is 31.9 Å². The molecular formula is C29H49N10O18P3S. The molecule has 0 saturated carbocycles. The maximum atomic E-state index is 12.9. The van der Waals surface area contributed by atoms with Crippen LogP contribution in [0.15, 0.2) is 12.7 Å². The summed E-state index contributed by atoms with van der Waals surface area (Å²) < 4.78 is 70.4. The molecular weight excluding hydrogens is 901 g/mol. The number of anilines is 1. The van der Waals surface area contributed by atoms with Crippen LogP contribution < -0.4 is 32.3 Å². The SMILES string of the molecule is Nc1ncnc2c1ncn2[C@@H]1O[C@H](COP(=O)(O)OP(=O)(O)OP(=O)(O)O)[C@@H](O)[C@H]1NC(=O)NCCOCCOCCOCCNC(=O)CCCC[C@@H]1SC[C@@H]2NC(=O)N[C@@H]21. The second-order valence-electron chi connectivity index (χ2n) is 13.5. The zero-order valence-corrected chi connectivity index (χ0v) is 35.8. The Labute approximate surface area is 351 Å². The highest BCUT2D eigenvalue weighted by atomic mass is 32.2. The number of nitrogens with one attached hydrogen (secondary N) is 5. The van der Waals surface area contributed by atoms with Crippen LogP contribution in [-0.2, 0) is 50.6 Å². The highest BCUT2D eigenvalue weighted by molar-refractivity contribution is 8.00. The molecule has 0 spiro atoms. The summed E-state index contributed by atoms with van der Waals surface area (Å²) in [7, 11) is -17.0. The van der Waals surface area contributed by atoms with Crippen molar-refractivity contribution in [2.75, 3.05) is 70.8 Å². The number of aliphatic hydroxyl groups excluding tert-OH is 1. The summed E-state index contributed by atoms with van der Waals surface area (Å²) >= 11 is 1.85. The average Bonchev–Trinajstić information content (AvgIpc) is 3.93. The summed E-state index contributed by atoms with van der Waals surface area (Å²) in [5.41, 5.74) is 6.13. The molecule has 2 aromatic heterocycles. The van der Waals surface area contributed by atoms with Gasteiger partial charge in [0, 0.05) is 30.5 Å². The number of phosphoric acid groups is 3. The fourth-order valence-corrected chi connectivity index (χ4v) is 11.0. The summed E-state index contributed by atoms with van der Waals surface area (Å²) in [5.74, 6) is 0.865. The van der Waals surface area contributed by atoms with Gasteiger partial charge in [-0.15, -0.1) is 0 Å². The Balaban J connectivity index is 0.937. The van der Waals surface area contributed by atoms with Crippen molar-refractivity contribution in [3.8, 4) is 0 Å². The van der Waals surface area contributed by atoms with Gasteiger partial charge in [-0.2, -0.15) is 20.4 Å². The number of nitrogens with two attached hydrogens (primary N) is 1. The smallest absolute Gasteiger partial charge is 0.388 e. The van der Waals surface area contributed by atoms with Gasteiger partial charge in [0.2, 0.25) is 5.91 Å². The molecule has 0 aliphatic carbocycles. The molecule has 3 fully saturated rings. The molecule has 32 heteroatoms. The Kier molecular flexibility index (Phi) is 18.1. The number of rotatable bonds is 26. The largest absolute Gasteiger partial charge is 0.490 e. The van der Waals surface area contributed by atoms with Gasteiger partial charge in [-0.1, -0.05) is 6.42 Å². The highest BCUT2D eigenvalue weighted by Gasteiger charge is 2.48. The quantitative estimate of drug-likeness (QED) is 0.0292. The van der Waals surface area contributed by atoms with Gasteiger partial charge in [0.1, 0.15) is 30.1 Å². The Morgan fingerprint density at radius 2 is 1.62 bits per heavy atom. The molecule has 3 aliphatic rings. The van der Waals surface area contributed by atoms with E-state index in [1.165, 1.54) is 10.9 Å². The number of phosphoric ester groups is 1. The first-order valence-electron chi connectivity index (χ1n) is 18.7. The molecule has 9 atom stereocenters. The van der Waals surface area contributed by atoms with Crippen molar-refractivity contribution in [3.05, 3.63) is 12.7 Å². The van der Waals surface area contributed by atoms with E-state index in [1.807, 2.05) is 11.8 Å². The summed E-state index contributed by atoms with van der Waals surface area (Å²) in [6.07, 6.45) is 0.850. The Bertz CT molecular complexity index is 1950. The van der Waals surface area contributed by atoms with Gasteiger partial charge in [0.25, 0.3) is 0 Å². The molecule has 3 aliphatic heterocycles. The summed E-state index contributed by atoms with van der Waals surface area (Å²) in [6.45, 7) is 0.776. The van der Waals surface area contributed by atoms with Crippen molar-refractivity contribution in [3.63, 3.8) is 0 Å². The third kappa shape index (κ3) is 15.3. The molecule has 2 unspecified atom stereocenters. The zero-order valence-electron chi connectivity index (χ0n) is 32.3. The van der Waals surface area contributed by atoms with Crippen molar-refractivity contribution >= 4 is 70.2 Å². The third-order valence-electron chi connectivity index (χ3n) is 9.07. The van der Waals surface area contributed by atoms with E-state index in [-0.39, 0.29) is 74.0 Å². The standard InChI is InChI=1S/C29H49N10O18P3S/c30-25-23-26(34-15-33-25)39(16-35-23)27-22(24(41)18(55-27)13-54-59(47,48)57-60(49,50)56-58(44,45)46)38-28(42)32-6-8-52-10-12-53-11-9-51-7-5-31-20(40)4-2-1-3-19-21-17(14-61-19)36-29(43)37-21/h15-19,21-22,24,27,41H,1-14H2,(H,31,40)(H,47,48)(H,49,50)(H2,30,33,34)(H2,32,38,42)(H2,36,37,43)(H2,44,45,46)/t17-,18+,19-,21-,22+,24+,27+/m0/s1. The minimum Gasteiger partial charge on any atom is -0.388 e. The molecule has 344 valence electrons. The topological polar surface area (TPSA) is 398 Å². The van der Waals surface area contributed by atoms with E-state index in [2.05, 4.69) is 54.7 Å². The Hall–Kier alpha value is -3.08. The van der Waals surface area contributed by atoms with Crippen molar-refractivity contribution in [2.24, 2.45) is 0 Å². The first-order valence-corrected chi connectivity index (χ1v) is 24.3. The fourth-order valence-electron chi connectivity index (χ4n) is 6.41. The number of amides is 5. The van der Waals surface area contributed by atoms with Gasteiger partial charge in [-0.3, -0.25) is 13.9 Å². The lowest BCUT2D eigenvalue weighted by molar-refractivity contribution is -0.121. The van der Waals surface area contributed by atoms with E-state index in [0.29, 0.717) is 31.4 Å². The average molecular weight is 951 g/mol. The lowest BCUT2D eigenvalue weighted by Crippen LogP contribution is -2.50. The molecule has 0 radical (unpaired) electrons. The Morgan fingerprint density at radius 3 is 2.33 bits per heavy atom. The molecule has 0 bridgehead atoms. The van der Waals surface area contributed by atoms with Crippen LogP contribution in [0, 0.1) is 0 Å². The number of hydrogen-bond acceptors (Lipinski definition) is 19. The van der Waals surface area contributed by atoms with E-state index < -0.39 is 60.6 Å². The lowest BCUT2D eigenvalue weighted by atomic mass is 10.0. The van der Waals surface area contributed by atoms with E-state index >= 15 is 0 Å². The van der Waals surface area contributed by atoms with Gasteiger partial charge in [0.15, 0.2) is 17.7 Å². The molecule has 61 heavy (non-hydrogen) atoms. The number of unbranched alkanes of at least 4 members (excludes halogenated alkanes) is 1. The van der Waals surface area contributed by atoms with Crippen molar-refractivity contribution < 1.29 is 84.9 Å². The summed E-state index contributed by atoms with van der Waals surface area (Å²) in [4.78, 5) is 85.3. The van der Waals surface area contributed by atoms with Crippen molar-refractivity contribution in [2.45, 2.75) is 67.5 Å². The van der Waals surface area contributed by atoms with E-state index in [4.69, 9.17) is 34.5 Å². The molecule has 5 heterocycles. The predicted molar refractivity (Wildman–Crippen MR) is 209 cm³/mol. The van der Waals surface area contributed by atoms with Crippen molar-refractivity contribution in [1.82, 2.24) is 46.1 Å². The molecule has 12 N–H and O–H groups in total. The number of ether oxygens (including phenoxy) is 4. The highest BCUT2D eigenvalue weighted by Crippen LogP contribution is 2.66. The number of carbonyl (C=O) groups is 3. The second kappa shape index (κ2) is 22.5. The number of urea groups is 2. The van der Waals surface area contributed by atoms with Crippen LogP contribution in [-0.4, -0.2) is 163 Å². The first-order chi connectivity index (χ1) is 28.9. The first kappa shape index (κ1) is 48.9. The lowest BCUT2D eigenvalue weighted by Gasteiger charge is -2.23. The maximum absolute atomic E-state index is 12.9. The minimum atomic E-state index is -5.81. The number of aliphatic hydroxyl groups is 1. The van der Waals surface area contributed by atoms with E-state index in [0.717, 1.165) is 31.3 Å². The number of aromatic nitrogens is 4. The summed E-state index contributed by atoms with van der Waals surface area (Å²) in [5, 5.41) is 25.3. The number of nitrogen functional groups attached to an aromatic ring is 1. The van der Waals surface area contributed by atoms with Crippen LogP contribution in [0.2, 0.25) is 0 Å². The molecule has 2 aromatic rings. The minimum absolute atomic E-state index is 0.00128. The maximum Gasteiger partial charge on any atom is 0.490 e. The molecule has 3 saturated heterocycles. The second-order valence-corrected chi connectivity index (χ2v) is 19.2. The van der Waals surface area contributed by atoms with Crippen LogP contribution in [0.3, 0.4) is 0 Å². The van der Waals surface area contributed by atoms with Crippen LogP contribution in [0.4, 0.5) is 15.4 Å². The Morgan fingerprint density at radius 1 is 0.934 bits per heavy atom. The molecule has 5 amide bonds. The number of thioether (sulfide) groups is 1. The number of nitrogens with zero attached hydrogens (tertiary/aromatic N) is 4. The van der Waals surface area contributed by atoms with Gasteiger partial charge >= 0.3 is 35.5 Å². The molecule has 0 aromatic carbocycles. The van der Waals surface area contributed by atoms with Gasteiger partial charge < -0.3 is 75.9 Å². The zero-order chi connectivity index (χ0) is 44.2. The van der Waals surface area contributed by atoms with Crippen LogP contribution >= 0.6 is 35.2 Å². The number of hydrogen-bond donors (Lipinski definition) is 11. The van der Waals surface area contributed by atoms with Gasteiger partial charge in [-0.05, 0) is 12.8 Å². The molecule has 5 rings (SSSR count). The predicted octanol–water partition coefficient (Wildman–Crippen LogP) is -1.43. The van der Waals surface area contributed by atoms with Crippen LogP contribution in [0.25, 0.3) is 11.2 Å². The number of carbonyl (C=O) groups excluding carboxylic acids is 3. The van der Waals surface area contributed by atoms with Crippen molar-refractivity contribution in [1.29, 1.82) is 0 Å². The normalized spacial score (nSPS) is 25.7. The molecule has 28 nitrogen and oxygen atoms in total. The third-order valence-corrected chi connectivity index (χ3v) is 14.4. The number of imidazole rings is 1. The van der Waals surface area contributed by atoms with Gasteiger partial charge in [-0.25, -0.2) is 38.2 Å².